The van der Waals surface area contributed by atoms with Gasteiger partial charge in [-0.05, 0) is 60.4 Å². The minimum Gasteiger partial charge on any atom is -0.282 e. The van der Waals surface area contributed by atoms with Crippen LogP contribution >= 0.6 is 0 Å². The van der Waals surface area contributed by atoms with Gasteiger partial charge in [0.1, 0.15) is 0 Å². The van der Waals surface area contributed by atoms with Crippen molar-refractivity contribution in [2.45, 2.75) is 50.3 Å². The maximum Gasteiger partial charge on any atom is 0.294 e. The second-order valence-electron chi connectivity index (χ2n) is 4.99. The molecule has 3 nitrogen and oxygen atoms in total. The summed E-state index contributed by atoms with van der Waals surface area (Å²) in [4.78, 5) is 0.0434. The maximum atomic E-state index is 11.2. The van der Waals surface area contributed by atoms with Crippen LogP contribution in [0.1, 0.15) is 49.3 Å². The number of aryl methyl sites for hydroxylation is 1. The minimum atomic E-state index is -4.09. The van der Waals surface area contributed by atoms with E-state index in [4.69, 9.17) is 4.55 Å². The zero-order valence-corrected chi connectivity index (χ0v) is 11.0. The van der Waals surface area contributed by atoms with Crippen LogP contribution < -0.4 is 0 Å². The van der Waals surface area contributed by atoms with E-state index in [0.29, 0.717) is 0 Å². The lowest BCUT2D eigenvalue weighted by atomic mass is 9.85. The van der Waals surface area contributed by atoms with Gasteiger partial charge in [-0.3, -0.25) is 4.55 Å². The Morgan fingerprint density at radius 1 is 1.18 bits per heavy atom. The molecule has 0 heterocycles. The molecule has 1 aromatic carbocycles. The number of benzene rings is 1. The molecule has 0 radical (unpaired) electrons. The van der Waals surface area contributed by atoms with Crippen LogP contribution in [0.4, 0.5) is 0 Å². The summed E-state index contributed by atoms with van der Waals surface area (Å²) < 4.78 is 31.7. The van der Waals surface area contributed by atoms with Crippen LogP contribution in [0.25, 0.3) is 0 Å². The molecule has 17 heavy (non-hydrogen) atoms. The van der Waals surface area contributed by atoms with E-state index < -0.39 is 10.1 Å². The lowest BCUT2D eigenvalue weighted by molar-refractivity contribution is 0.482. The summed E-state index contributed by atoms with van der Waals surface area (Å²) in [5, 5.41) is 0. The van der Waals surface area contributed by atoms with Gasteiger partial charge in [0, 0.05) is 0 Å². The third kappa shape index (κ3) is 2.53. The van der Waals surface area contributed by atoms with Gasteiger partial charge in [-0.15, -0.1) is 0 Å². The fourth-order valence-corrected chi connectivity index (χ4v) is 3.10. The molecule has 0 bridgehead atoms. The van der Waals surface area contributed by atoms with Crippen molar-refractivity contribution in [3.8, 4) is 0 Å². The van der Waals surface area contributed by atoms with Crippen molar-refractivity contribution < 1.29 is 13.0 Å². The Labute approximate surface area is 103 Å². The van der Waals surface area contributed by atoms with Crippen molar-refractivity contribution in [2.24, 2.45) is 0 Å². The van der Waals surface area contributed by atoms with Gasteiger partial charge < -0.3 is 0 Å². The molecule has 0 fully saturated rings. The molecule has 1 aromatic rings. The molecule has 94 valence electrons. The number of fused-ring (bicyclic) bond motifs is 1. The third-order valence-corrected chi connectivity index (χ3v) is 4.22. The summed E-state index contributed by atoms with van der Waals surface area (Å²) >= 11 is 0. The molecule has 0 amide bonds. The van der Waals surface area contributed by atoms with Crippen LogP contribution in [0.3, 0.4) is 0 Å². The Balaban J connectivity index is 2.65. The quantitative estimate of drug-likeness (QED) is 0.826. The van der Waals surface area contributed by atoms with Crippen LogP contribution in [0.5, 0.6) is 0 Å². The summed E-state index contributed by atoms with van der Waals surface area (Å²) in [6.45, 7) is 4.11. The second kappa shape index (κ2) is 4.42. The average Bonchev–Trinajstić information content (AvgIpc) is 2.26. The van der Waals surface area contributed by atoms with E-state index >= 15 is 0 Å². The molecule has 0 saturated carbocycles. The molecule has 1 aliphatic rings. The molecular weight excluding hydrogens is 236 g/mol. The first kappa shape index (κ1) is 12.6. The number of hydrogen-bond donors (Lipinski definition) is 1. The molecule has 0 unspecified atom stereocenters. The molecule has 0 aliphatic heterocycles. The first-order valence-electron chi connectivity index (χ1n) is 6.03. The van der Waals surface area contributed by atoms with Gasteiger partial charge in [-0.25, -0.2) is 0 Å². The van der Waals surface area contributed by atoms with E-state index in [1.165, 1.54) is 5.56 Å². The Bertz CT molecular complexity index is 530. The smallest absolute Gasteiger partial charge is 0.282 e. The lowest BCUT2D eigenvalue weighted by Crippen LogP contribution is -2.10. The van der Waals surface area contributed by atoms with Gasteiger partial charge in [-0.2, -0.15) is 8.42 Å². The van der Waals surface area contributed by atoms with E-state index in [-0.39, 0.29) is 10.8 Å². The van der Waals surface area contributed by atoms with Crippen molar-refractivity contribution in [3.63, 3.8) is 0 Å². The lowest BCUT2D eigenvalue weighted by Gasteiger charge is -2.22. The average molecular weight is 254 g/mol. The van der Waals surface area contributed by atoms with Gasteiger partial charge in [0.05, 0.1) is 4.90 Å². The third-order valence-electron chi connectivity index (χ3n) is 3.39. The first-order valence-corrected chi connectivity index (χ1v) is 7.47. The van der Waals surface area contributed by atoms with Crippen LogP contribution in [0.15, 0.2) is 17.0 Å². The maximum absolute atomic E-state index is 11.2. The fourth-order valence-electron chi connectivity index (χ4n) is 2.54. The molecular formula is C13H18O3S. The standard InChI is InChI=1S/C13H18O3S/c1-9(2)13-8-11(17(14,15)16)7-10-5-3-4-6-12(10)13/h7-9H,3-6H2,1-2H3,(H,14,15,16). The molecule has 1 N–H and O–H groups in total. The zero-order chi connectivity index (χ0) is 12.6. The highest BCUT2D eigenvalue weighted by molar-refractivity contribution is 7.85. The Kier molecular flexibility index (Phi) is 3.27. The van der Waals surface area contributed by atoms with Crippen molar-refractivity contribution in [1.82, 2.24) is 0 Å². The summed E-state index contributed by atoms with van der Waals surface area (Å²) in [6, 6.07) is 3.26. The van der Waals surface area contributed by atoms with Gasteiger partial charge in [0.2, 0.25) is 0 Å². The zero-order valence-electron chi connectivity index (χ0n) is 10.2. The normalized spacial score (nSPS) is 16.0. The topological polar surface area (TPSA) is 54.4 Å². The van der Waals surface area contributed by atoms with Crippen LogP contribution in [-0.2, 0) is 23.0 Å². The molecule has 0 aromatic heterocycles. The van der Waals surface area contributed by atoms with E-state index in [1.54, 1.807) is 12.1 Å². The number of hydrogen-bond acceptors (Lipinski definition) is 2. The first-order chi connectivity index (χ1) is 7.89. The SMILES string of the molecule is CC(C)c1cc(S(=O)(=O)O)cc2c1CCCC2. The van der Waals surface area contributed by atoms with Crippen molar-refractivity contribution in [1.29, 1.82) is 0 Å². The van der Waals surface area contributed by atoms with Crippen molar-refractivity contribution >= 4 is 10.1 Å². The Morgan fingerprint density at radius 3 is 2.41 bits per heavy atom. The van der Waals surface area contributed by atoms with E-state index in [2.05, 4.69) is 13.8 Å². The molecule has 2 rings (SSSR count). The molecule has 0 atom stereocenters. The van der Waals surface area contributed by atoms with Crippen molar-refractivity contribution in [3.05, 3.63) is 28.8 Å². The summed E-state index contributed by atoms with van der Waals surface area (Å²) in [7, 11) is -4.09. The fraction of sp³-hybridized carbons (Fsp3) is 0.538. The van der Waals surface area contributed by atoms with Gasteiger partial charge in [0.15, 0.2) is 0 Å². The Hall–Kier alpha value is -0.870. The van der Waals surface area contributed by atoms with E-state index in [9.17, 15) is 8.42 Å². The highest BCUT2D eigenvalue weighted by atomic mass is 32.2. The van der Waals surface area contributed by atoms with Crippen LogP contribution in [0, 0.1) is 0 Å². The summed E-state index contributed by atoms with van der Waals surface area (Å²) in [5.41, 5.74) is 3.45. The van der Waals surface area contributed by atoms with Crippen molar-refractivity contribution in [2.75, 3.05) is 0 Å². The minimum absolute atomic E-state index is 0.0434. The second-order valence-corrected chi connectivity index (χ2v) is 6.41. The van der Waals surface area contributed by atoms with Crippen LogP contribution in [0.2, 0.25) is 0 Å². The predicted molar refractivity (Wildman–Crippen MR) is 67.0 cm³/mol. The predicted octanol–water partition coefficient (Wildman–Crippen LogP) is 2.94. The Morgan fingerprint density at radius 2 is 1.82 bits per heavy atom. The van der Waals surface area contributed by atoms with E-state index in [0.717, 1.165) is 36.8 Å². The van der Waals surface area contributed by atoms with Gasteiger partial charge >= 0.3 is 0 Å². The van der Waals surface area contributed by atoms with Gasteiger partial charge in [-0.1, -0.05) is 13.8 Å². The van der Waals surface area contributed by atoms with E-state index in [1.807, 2.05) is 0 Å². The highest BCUT2D eigenvalue weighted by Crippen LogP contribution is 2.31. The summed E-state index contributed by atoms with van der Waals surface area (Å²) in [6.07, 6.45) is 4.20. The van der Waals surface area contributed by atoms with Gasteiger partial charge in [0.25, 0.3) is 10.1 Å². The summed E-state index contributed by atoms with van der Waals surface area (Å²) in [5.74, 6) is 0.281. The van der Waals surface area contributed by atoms with Crippen LogP contribution in [-0.4, -0.2) is 13.0 Å². The monoisotopic (exact) mass is 254 g/mol. The molecule has 0 spiro atoms. The molecule has 4 heteroatoms. The highest BCUT2D eigenvalue weighted by Gasteiger charge is 2.20. The number of rotatable bonds is 2. The largest absolute Gasteiger partial charge is 0.294 e. The molecule has 0 saturated heterocycles. The molecule has 1 aliphatic carbocycles.